The predicted octanol–water partition coefficient (Wildman–Crippen LogP) is 4.48. The second kappa shape index (κ2) is 5.83. The number of amides is 2. The quantitative estimate of drug-likeness (QED) is 0.821. The molecule has 108 valence electrons. The summed E-state index contributed by atoms with van der Waals surface area (Å²) in [5.41, 5.74) is 1.21. The summed E-state index contributed by atoms with van der Waals surface area (Å²) >= 11 is 9.26. The normalized spacial score (nSPS) is 12.1. The van der Waals surface area contributed by atoms with Gasteiger partial charge < -0.3 is 20.1 Å². The Labute approximate surface area is 134 Å². The van der Waals surface area contributed by atoms with Crippen LogP contribution in [0.25, 0.3) is 0 Å². The van der Waals surface area contributed by atoms with Crippen molar-refractivity contribution in [2.24, 2.45) is 0 Å². The van der Waals surface area contributed by atoms with Crippen LogP contribution < -0.4 is 20.1 Å². The van der Waals surface area contributed by atoms with Gasteiger partial charge in [0.15, 0.2) is 11.5 Å². The van der Waals surface area contributed by atoms with Crippen LogP contribution in [0.15, 0.2) is 40.9 Å². The average Bonchev–Trinajstić information content (AvgIpc) is 2.90. The highest BCUT2D eigenvalue weighted by Gasteiger charge is 2.14. The Kier molecular flexibility index (Phi) is 3.90. The summed E-state index contributed by atoms with van der Waals surface area (Å²) in [7, 11) is 0. The van der Waals surface area contributed by atoms with Gasteiger partial charge in [-0.2, -0.15) is 0 Å². The van der Waals surface area contributed by atoms with Crippen molar-refractivity contribution in [2.45, 2.75) is 0 Å². The zero-order chi connectivity index (χ0) is 14.8. The van der Waals surface area contributed by atoms with Crippen molar-refractivity contribution in [1.82, 2.24) is 0 Å². The van der Waals surface area contributed by atoms with Crippen molar-refractivity contribution in [1.29, 1.82) is 0 Å². The highest BCUT2D eigenvalue weighted by molar-refractivity contribution is 9.10. The number of halogens is 2. The van der Waals surface area contributed by atoms with Crippen molar-refractivity contribution in [2.75, 3.05) is 17.4 Å². The Balaban J connectivity index is 1.67. The van der Waals surface area contributed by atoms with E-state index in [4.69, 9.17) is 21.1 Å². The van der Waals surface area contributed by atoms with Crippen LogP contribution >= 0.6 is 27.5 Å². The number of carbonyl (C=O) groups is 1. The molecule has 2 aromatic rings. The van der Waals surface area contributed by atoms with E-state index in [0.29, 0.717) is 27.9 Å². The van der Waals surface area contributed by atoms with Crippen LogP contribution in [0.5, 0.6) is 11.5 Å². The van der Waals surface area contributed by atoms with Gasteiger partial charge in [-0.1, -0.05) is 11.6 Å². The van der Waals surface area contributed by atoms with Gasteiger partial charge >= 0.3 is 6.03 Å². The molecule has 0 aromatic heterocycles. The lowest BCUT2D eigenvalue weighted by atomic mass is 10.3. The molecule has 0 saturated carbocycles. The van der Waals surface area contributed by atoms with E-state index >= 15 is 0 Å². The molecule has 1 heterocycles. The standard InChI is InChI=1S/C14H10BrClN2O3/c15-10-3-1-8(5-11(10)16)17-14(19)18-9-2-4-12-13(6-9)21-7-20-12/h1-6H,7H2,(H2,17,18,19). The van der Waals surface area contributed by atoms with Crippen LogP contribution in [0.3, 0.4) is 0 Å². The molecular formula is C14H10BrClN2O3. The van der Waals surface area contributed by atoms with E-state index < -0.39 is 0 Å². The molecule has 5 nitrogen and oxygen atoms in total. The van der Waals surface area contributed by atoms with Gasteiger partial charge in [-0.3, -0.25) is 0 Å². The molecule has 7 heteroatoms. The highest BCUT2D eigenvalue weighted by atomic mass is 79.9. The fourth-order valence-electron chi connectivity index (χ4n) is 1.84. The molecular weight excluding hydrogens is 360 g/mol. The summed E-state index contributed by atoms with van der Waals surface area (Å²) in [4.78, 5) is 11.9. The molecule has 2 N–H and O–H groups in total. The first-order chi connectivity index (χ1) is 10.1. The number of carbonyl (C=O) groups excluding carboxylic acids is 1. The minimum Gasteiger partial charge on any atom is -0.454 e. The van der Waals surface area contributed by atoms with E-state index in [1.54, 1.807) is 36.4 Å². The summed E-state index contributed by atoms with van der Waals surface area (Å²) in [5.74, 6) is 1.28. The zero-order valence-corrected chi connectivity index (χ0v) is 13.0. The molecule has 0 saturated heterocycles. The number of hydrogen-bond acceptors (Lipinski definition) is 3. The summed E-state index contributed by atoms with van der Waals surface area (Å²) < 4.78 is 11.2. The van der Waals surface area contributed by atoms with Gasteiger partial charge in [0.1, 0.15) is 0 Å². The third kappa shape index (κ3) is 3.22. The number of hydrogen-bond donors (Lipinski definition) is 2. The minimum absolute atomic E-state index is 0.197. The lowest BCUT2D eigenvalue weighted by Gasteiger charge is -2.09. The second-order valence-electron chi connectivity index (χ2n) is 4.28. The Morgan fingerprint density at radius 2 is 1.71 bits per heavy atom. The molecule has 0 unspecified atom stereocenters. The number of nitrogens with one attached hydrogen (secondary N) is 2. The van der Waals surface area contributed by atoms with Gasteiger partial charge in [0.25, 0.3) is 0 Å². The molecule has 2 amide bonds. The van der Waals surface area contributed by atoms with E-state index in [-0.39, 0.29) is 12.8 Å². The van der Waals surface area contributed by atoms with Gasteiger partial charge in [0.2, 0.25) is 6.79 Å². The van der Waals surface area contributed by atoms with Crippen molar-refractivity contribution >= 4 is 44.9 Å². The smallest absolute Gasteiger partial charge is 0.323 e. The monoisotopic (exact) mass is 368 g/mol. The van der Waals surface area contributed by atoms with Crippen molar-refractivity contribution in [3.05, 3.63) is 45.9 Å². The highest BCUT2D eigenvalue weighted by Crippen LogP contribution is 2.34. The molecule has 0 radical (unpaired) electrons. The van der Waals surface area contributed by atoms with Gasteiger partial charge in [0.05, 0.1) is 5.02 Å². The Bertz CT molecular complexity index is 709. The van der Waals surface area contributed by atoms with E-state index in [1.807, 2.05) is 0 Å². The largest absolute Gasteiger partial charge is 0.454 e. The van der Waals surface area contributed by atoms with Crippen LogP contribution in [0.1, 0.15) is 0 Å². The van der Waals surface area contributed by atoms with E-state index in [9.17, 15) is 4.79 Å². The van der Waals surface area contributed by atoms with Crippen LogP contribution in [0, 0.1) is 0 Å². The van der Waals surface area contributed by atoms with Crippen LogP contribution in [-0.2, 0) is 0 Å². The van der Waals surface area contributed by atoms with E-state index in [0.717, 1.165) is 4.47 Å². The van der Waals surface area contributed by atoms with Crippen LogP contribution in [0.4, 0.5) is 16.2 Å². The number of urea groups is 1. The molecule has 21 heavy (non-hydrogen) atoms. The third-order valence-electron chi connectivity index (χ3n) is 2.81. The average molecular weight is 370 g/mol. The van der Waals surface area contributed by atoms with Gasteiger partial charge in [0, 0.05) is 21.9 Å². The Morgan fingerprint density at radius 3 is 2.48 bits per heavy atom. The van der Waals surface area contributed by atoms with Gasteiger partial charge in [-0.15, -0.1) is 0 Å². The summed E-state index contributed by atoms with van der Waals surface area (Å²) in [6.45, 7) is 0.197. The lowest BCUT2D eigenvalue weighted by molar-refractivity contribution is 0.174. The zero-order valence-electron chi connectivity index (χ0n) is 10.7. The number of fused-ring (bicyclic) bond motifs is 1. The lowest BCUT2D eigenvalue weighted by Crippen LogP contribution is -2.19. The SMILES string of the molecule is O=C(Nc1ccc(Br)c(Cl)c1)Nc1ccc2c(c1)OCO2. The maximum atomic E-state index is 11.9. The molecule has 3 rings (SSSR count). The Morgan fingerprint density at radius 1 is 1.05 bits per heavy atom. The van der Waals surface area contributed by atoms with E-state index in [2.05, 4.69) is 26.6 Å². The van der Waals surface area contributed by atoms with Crippen molar-refractivity contribution in [3.8, 4) is 11.5 Å². The molecule has 0 atom stereocenters. The number of rotatable bonds is 2. The summed E-state index contributed by atoms with van der Waals surface area (Å²) in [6.07, 6.45) is 0. The van der Waals surface area contributed by atoms with Crippen molar-refractivity contribution < 1.29 is 14.3 Å². The maximum Gasteiger partial charge on any atom is 0.323 e. The van der Waals surface area contributed by atoms with Crippen LogP contribution in [-0.4, -0.2) is 12.8 Å². The van der Waals surface area contributed by atoms with Gasteiger partial charge in [-0.25, -0.2) is 4.79 Å². The first-order valence-electron chi connectivity index (χ1n) is 6.04. The molecule has 0 fully saturated rings. The number of ether oxygens (including phenoxy) is 2. The summed E-state index contributed by atoms with van der Waals surface area (Å²) in [5, 5.41) is 5.94. The molecule has 0 bridgehead atoms. The summed E-state index contributed by atoms with van der Waals surface area (Å²) in [6, 6.07) is 9.98. The fourth-order valence-corrected chi connectivity index (χ4v) is 2.27. The molecule has 1 aliphatic heterocycles. The number of anilines is 2. The van der Waals surface area contributed by atoms with Crippen LogP contribution in [0.2, 0.25) is 5.02 Å². The van der Waals surface area contributed by atoms with E-state index in [1.165, 1.54) is 0 Å². The molecule has 1 aliphatic rings. The fraction of sp³-hybridized carbons (Fsp3) is 0.0714. The first-order valence-corrected chi connectivity index (χ1v) is 7.21. The minimum atomic E-state index is -0.368. The van der Waals surface area contributed by atoms with Gasteiger partial charge in [-0.05, 0) is 46.3 Å². The van der Waals surface area contributed by atoms with Crippen molar-refractivity contribution in [3.63, 3.8) is 0 Å². The maximum absolute atomic E-state index is 11.9. The number of benzene rings is 2. The Hall–Kier alpha value is -1.92. The molecule has 2 aromatic carbocycles. The predicted molar refractivity (Wildman–Crippen MR) is 84.4 cm³/mol. The topological polar surface area (TPSA) is 59.6 Å². The third-order valence-corrected chi connectivity index (χ3v) is 4.04. The molecule has 0 spiro atoms. The second-order valence-corrected chi connectivity index (χ2v) is 5.54. The first kappa shape index (κ1) is 14.0. The molecule has 0 aliphatic carbocycles.